The Labute approximate surface area is 86.6 Å². The molecule has 0 spiro atoms. The summed E-state index contributed by atoms with van der Waals surface area (Å²) in [6, 6.07) is 0. The fraction of sp³-hybridized carbons (Fsp3) is 0.444. The van der Waals surface area contributed by atoms with Crippen molar-refractivity contribution in [2.45, 2.75) is 6.92 Å². The molecule has 0 aliphatic carbocycles. The molecule has 0 unspecified atom stereocenters. The van der Waals surface area contributed by atoms with Crippen LogP contribution in [-0.4, -0.2) is 35.6 Å². The van der Waals surface area contributed by atoms with Crippen LogP contribution >= 0.6 is 0 Å². The van der Waals surface area contributed by atoms with Gasteiger partial charge in [0.15, 0.2) is 0 Å². The van der Waals surface area contributed by atoms with Crippen LogP contribution in [0, 0.1) is 5.92 Å². The summed E-state index contributed by atoms with van der Waals surface area (Å²) in [5.74, 6) is -1.42. The molecule has 1 N–H and O–H groups in total. The molecule has 0 saturated heterocycles. The van der Waals surface area contributed by atoms with Crippen LogP contribution in [0.1, 0.15) is 17.4 Å². The predicted molar refractivity (Wildman–Crippen MR) is 50.1 cm³/mol. The molecule has 6 nitrogen and oxygen atoms in total. The topological polar surface area (TPSA) is 81.3 Å². The summed E-state index contributed by atoms with van der Waals surface area (Å²) in [5, 5.41) is 0. The zero-order chi connectivity index (χ0) is 11.3. The summed E-state index contributed by atoms with van der Waals surface area (Å²) in [6.45, 7) is 1.61. The number of imidazole rings is 1. The minimum atomic E-state index is -0.539. The number of methoxy groups -OCH3 is 1. The Hall–Kier alpha value is -1.85. The van der Waals surface area contributed by atoms with Crippen molar-refractivity contribution < 1.29 is 19.1 Å². The quantitative estimate of drug-likeness (QED) is 0.729. The lowest BCUT2D eigenvalue weighted by Gasteiger charge is -2.08. The summed E-state index contributed by atoms with van der Waals surface area (Å²) in [5.41, 5.74) is 0.257. The number of carbonyl (C=O) groups excluding carboxylic acids is 2. The zero-order valence-corrected chi connectivity index (χ0v) is 8.52. The van der Waals surface area contributed by atoms with Crippen LogP contribution < -0.4 is 0 Å². The lowest BCUT2D eigenvalue weighted by atomic mass is 10.2. The third-order valence-electron chi connectivity index (χ3n) is 1.79. The number of nitrogens with zero attached hydrogens (tertiary/aromatic N) is 1. The van der Waals surface area contributed by atoms with Crippen molar-refractivity contribution in [1.82, 2.24) is 9.97 Å². The second kappa shape index (κ2) is 5.14. The summed E-state index contributed by atoms with van der Waals surface area (Å²) in [7, 11) is 1.29. The number of ether oxygens (including phenoxy) is 2. The van der Waals surface area contributed by atoms with Gasteiger partial charge in [-0.25, -0.2) is 9.78 Å². The molecule has 0 saturated carbocycles. The van der Waals surface area contributed by atoms with E-state index in [0.717, 1.165) is 0 Å². The number of rotatable bonds is 4. The second-order valence-corrected chi connectivity index (χ2v) is 2.99. The Morgan fingerprint density at radius 3 is 2.87 bits per heavy atom. The molecule has 0 fully saturated rings. The van der Waals surface area contributed by atoms with Crippen molar-refractivity contribution >= 4 is 11.9 Å². The molecule has 0 bridgehead atoms. The molecule has 0 aromatic carbocycles. The maximum absolute atomic E-state index is 11.3. The molecule has 1 aromatic heterocycles. The standard InChI is InChI=1S/C9H12N2O4/c1-6(8(12)14-2)4-15-9(13)7-3-10-5-11-7/h3,5-6H,4H2,1-2H3,(H,10,11)/t6-/m0/s1. The van der Waals surface area contributed by atoms with Gasteiger partial charge in [0, 0.05) is 0 Å². The lowest BCUT2D eigenvalue weighted by molar-refractivity contribution is -0.146. The van der Waals surface area contributed by atoms with E-state index >= 15 is 0 Å². The average Bonchev–Trinajstić information content (AvgIpc) is 2.77. The van der Waals surface area contributed by atoms with E-state index < -0.39 is 17.9 Å². The van der Waals surface area contributed by atoms with E-state index in [1.54, 1.807) is 6.92 Å². The van der Waals surface area contributed by atoms with Gasteiger partial charge in [-0.2, -0.15) is 0 Å². The molecule has 0 radical (unpaired) electrons. The number of hydrogen-bond acceptors (Lipinski definition) is 5. The van der Waals surface area contributed by atoms with Crippen molar-refractivity contribution in [2.75, 3.05) is 13.7 Å². The van der Waals surface area contributed by atoms with Crippen LogP contribution in [0.4, 0.5) is 0 Å². The summed E-state index contributed by atoms with van der Waals surface area (Å²) < 4.78 is 9.34. The Balaban J connectivity index is 2.38. The lowest BCUT2D eigenvalue weighted by Crippen LogP contribution is -2.20. The maximum Gasteiger partial charge on any atom is 0.356 e. The average molecular weight is 212 g/mol. The molecule has 1 rings (SSSR count). The highest BCUT2D eigenvalue weighted by Crippen LogP contribution is 2.01. The molecule has 15 heavy (non-hydrogen) atoms. The van der Waals surface area contributed by atoms with E-state index in [0.29, 0.717) is 0 Å². The van der Waals surface area contributed by atoms with Crippen molar-refractivity contribution in [1.29, 1.82) is 0 Å². The number of nitrogens with one attached hydrogen (secondary N) is 1. The zero-order valence-electron chi connectivity index (χ0n) is 8.52. The number of aromatic amines is 1. The van der Waals surface area contributed by atoms with Crippen LogP contribution in [-0.2, 0) is 14.3 Å². The van der Waals surface area contributed by atoms with Crippen molar-refractivity contribution in [2.24, 2.45) is 5.92 Å². The summed E-state index contributed by atoms with van der Waals surface area (Å²) in [6.07, 6.45) is 2.73. The van der Waals surface area contributed by atoms with Crippen molar-refractivity contribution in [3.05, 3.63) is 18.2 Å². The first kappa shape index (κ1) is 11.2. The smallest absolute Gasteiger partial charge is 0.356 e. The van der Waals surface area contributed by atoms with Crippen molar-refractivity contribution in [3.8, 4) is 0 Å². The largest absolute Gasteiger partial charge is 0.469 e. The third-order valence-corrected chi connectivity index (χ3v) is 1.79. The van der Waals surface area contributed by atoms with Gasteiger partial charge in [0.05, 0.1) is 25.6 Å². The highest BCUT2D eigenvalue weighted by Gasteiger charge is 2.16. The molecule has 6 heteroatoms. The van der Waals surface area contributed by atoms with E-state index in [1.165, 1.54) is 19.6 Å². The van der Waals surface area contributed by atoms with Gasteiger partial charge in [-0.15, -0.1) is 0 Å². The van der Waals surface area contributed by atoms with Crippen LogP contribution in [0.2, 0.25) is 0 Å². The first-order chi connectivity index (χ1) is 7.15. The molecule has 1 aromatic rings. The molecule has 1 atom stereocenters. The molecule has 1 heterocycles. The second-order valence-electron chi connectivity index (χ2n) is 2.99. The number of aromatic nitrogens is 2. The highest BCUT2D eigenvalue weighted by molar-refractivity contribution is 5.87. The monoisotopic (exact) mass is 212 g/mol. The van der Waals surface area contributed by atoms with Gasteiger partial charge in [-0.3, -0.25) is 4.79 Å². The SMILES string of the molecule is COC(=O)[C@@H](C)COC(=O)c1cnc[nH]1. The summed E-state index contributed by atoms with van der Waals surface area (Å²) >= 11 is 0. The molecule has 0 aliphatic rings. The third kappa shape index (κ3) is 3.08. The van der Waals surface area contributed by atoms with E-state index in [9.17, 15) is 9.59 Å². The minimum Gasteiger partial charge on any atom is -0.469 e. The molecule has 0 aliphatic heterocycles. The number of H-pyrrole nitrogens is 1. The number of hydrogen-bond donors (Lipinski definition) is 1. The van der Waals surface area contributed by atoms with E-state index in [2.05, 4.69) is 14.7 Å². The Bertz CT molecular complexity index is 334. The summed E-state index contributed by atoms with van der Waals surface area (Å²) in [4.78, 5) is 28.5. The van der Waals surface area contributed by atoms with Gasteiger partial charge < -0.3 is 14.5 Å². The first-order valence-corrected chi connectivity index (χ1v) is 4.38. The van der Waals surface area contributed by atoms with Crippen LogP contribution in [0.15, 0.2) is 12.5 Å². The van der Waals surface area contributed by atoms with Crippen LogP contribution in [0.3, 0.4) is 0 Å². The van der Waals surface area contributed by atoms with Gasteiger partial charge in [-0.05, 0) is 6.92 Å². The molecule has 0 amide bonds. The predicted octanol–water partition coefficient (Wildman–Crippen LogP) is 0.376. The van der Waals surface area contributed by atoms with Gasteiger partial charge in [0.1, 0.15) is 12.3 Å². The van der Waals surface area contributed by atoms with Crippen molar-refractivity contribution in [3.63, 3.8) is 0 Å². The van der Waals surface area contributed by atoms with Gasteiger partial charge >= 0.3 is 11.9 Å². The number of esters is 2. The highest BCUT2D eigenvalue weighted by atomic mass is 16.5. The molecular formula is C9H12N2O4. The Morgan fingerprint density at radius 1 is 1.60 bits per heavy atom. The molecular weight excluding hydrogens is 200 g/mol. The fourth-order valence-electron chi connectivity index (χ4n) is 0.915. The first-order valence-electron chi connectivity index (χ1n) is 4.38. The van der Waals surface area contributed by atoms with E-state index in [-0.39, 0.29) is 12.3 Å². The Morgan fingerprint density at radius 2 is 2.33 bits per heavy atom. The van der Waals surface area contributed by atoms with Crippen LogP contribution in [0.25, 0.3) is 0 Å². The van der Waals surface area contributed by atoms with Gasteiger partial charge in [0.25, 0.3) is 0 Å². The van der Waals surface area contributed by atoms with E-state index in [4.69, 9.17) is 4.74 Å². The fourth-order valence-corrected chi connectivity index (χ4v) is 0.915. The van der Waals surface area contributed by atoms with Gasteiger partial charge in [0.2, 0.25) is 0 Å². The van der Waals surface area contributed by atoms with Crippen LogP contribution in [0.5, 0.6) is 0 Å². The van der Waals surface area contributed by atoms with Gasteiger partial charge in [-0.1, -0.05) is 0 Å². The Kier molecular flexibility index (Phi) is 3.84. The number of carbonyl (C=O) groups is 2. The van der Waals surface area contributed by atoms with E-state index in [1.807, 2.05) is 0 Å². The normalized spacial score (nSPS) is 11.9. The minimum absolute atomic E-state index is 0.00940. The maximum atomic E-state index is 11.3. The molecule has 82 valence electrons.